The fourth-order valence-electron chi connectivity index (χ4n) is 1.88. The Labute approximate surface area is 110 Å². The minimum atomic E-state index is 0.126. The fraction of sp³-hybridized carbons (Fsp3) is 0.600. The molecule has 2 atom stereocenters. The van der Waals surface area contributed by atoms with Crippen LogP contribution in [0.5, 0.6) is 0 Å². The predicted octanol–water partition coefficient (Wildman–Crippen LogP) is 2.56. The Morgan fingerprint density at radius 3 is 2.33 bits per heavy atom. The maximum Gasteiger partial charge on any atom is 0.0781 e. The van der Waals surface area contributed by atoms with Crippen molar-refractivity contribution in [1.29, 1.82) is 0 Å². The Morgan fingerprint density at radius 1 is 1.17 bits per heavy atom. The van der Waals surface area contributed by atoms with Crippen molar-refractivity contribution in [3.63, 3.8) is 0 Å². The summed E-state index contributed by atoms with van der Waals surface area (Å²) in [4.78, 5) is 0. The first-order valence-corrected chi connectivity index (χ1v) is 6.57. The summed E-state index contributed by atoms with van der Waals surface area (Å²) < 4.78 is 10.8. The van der Waals surface area contributed by atoms with E-state index in [0.29, 0.717) is 13.2 Å². The number of likely N-dealkylation sites (N-methyl/N-ethyl adjacent to an activating group) is 1. The standard InChI is InChI=1S/C15H25NO2/c1-5-13-6-8-14(9-7-13)15(16-3)11-18-12(2)10-17-4/h6-9,12,15-16H,5,10-11H2,1-4H3. The molecule has 102 valence electrons. The van der Waals surface area contributed by atoms with Gasteiger partial charge in [-0.05, 0) is 31.5 Å². The lowest BCUT2D eigenvalue weighted by Gasteiger charge is -2.20. The monoisotopic (exact) mass is 251 g/mol. The second-order valence-electron chi connectivity index (χ2n) is 4.54. The van der Waals surface area contributed by atoms with Gasteiger partial charge in [0.15, 0.2) is 0 Å². The van der Waals surface area contributed by atoms with Crippen molar-refractivity contribution in [1.82, 2.24) is 5.32 Å². The lowest BCUT2D eigenvalue weighted by Crippen LogP contribution is -2.25. The van der Waals surface area contributed by atoms with Gasteiger partial charge in [0.25, 0.3) is 0 Å². The number of methoxy groups -OCH3 is 1. The highest BCUT2D eigenvalue weighted by Crippen LogP contribution is 2.15. The Morgan fingerprint density at radius 2 is 1.83 bits per heavy atom. The van der Waals surface area contributed by atoms with Crippen LogP contribution in [0.2, 0.25) is 0 Å². The number of benzene rings is 1. The Balaban J connectivity index is 2.53. The van der Waals surface area contributed by atoms with Crippen LogP contribution in [0.25, 0.3) is 0 Å². The first kappa shape index (κ1) is 15.2. The molecule has 0 bridgehead atoms. The summed E-state index contributed by atoms with van der Waals surface area (Å²) in [6, 6.07) is 8.93. The molecule has 0 spiro atoms. The Bertz CT molecular complexity index is 324. The van der Waals surface area contributed by atoms with E-state index in [4.69, 9.17) is 9.47 Å². The lowest BCUT2D eigenvalue weighted by atomic mass is 10.0. The zero-order chi connectivity index (χ0) is 13.4. The van der Waals surface area contributed by atoms with Crippen molar-refractivity contribution in [3.8, 4) is 0 Å². The summed E-state index contributed by atoms with van der Waals surface area (Å²) in [5.41, 5.74) is 2.63. The highest BCUT2D eigenvalue weighted by molar-refractivity contribution is 5.25. The van der Waals surface area contributed by atoms with Gasteiger partial charge in [-0.2, -0.15) is 0 Å². The first-order valence-electron chi connectivity index (χ1n) is 6.57. The topological polar surface area (TPSA) is 30.5 Å². The molecule has 0 aliphatic carbocycles. The summed E-state index contributed by atoms with van der Waals surface area (Å²) in [7, 11) is 3.65. The minimum absolute atomic E-state index is 0.126. The van der Waals surface area contributed by atoms with Crippen molar-refractivity contribution in [2.75, 3.05) is 27.4 Å². The van der Waals surface area contributed by atoms with Crippen LogP contribution in [0, 0.1) is 0 Å². The molecule has 3 nitrogen and oxygen atoms in total. The van der Waals surface area contributed by atoms with E-state index in [9.17, 15) is 0 Å². The molecule has 0 aliphatic rings. The van der Waals surface area contributed by atoms with Gasteiger partial charge in [-0.25, -0.2) is 0 Å². The van der Waals surface area contributed by atoms with E-state index in [1.165, 1.54) is 11.1 Å². The Kier molecular flexibility index (Phi) is 6.94. The number of nitrogens with one attached hydrogen (secondary N) is 1. The van der Waals surface area contributed by atoms with Crippen LogP contribution >= 0.6 is 0 Å². The molecule has 1 aromatic rings. The molecule has 0 radical (unpaired) electrons. The van der Waals surface area contributed by atoms with Gasteiger partial charge in [-0.3, -0.25) is 0 Å². The summed E-state index contributed by atoms with van der Waals surface area (Å²) >= 11 is 0. The van der Waals surface area contributed by atoms with Crippen LogP contribution in [-0.4, -0.2) is 33.5 Å². The van der Waals surface area contributed by atoms with Crippen molar-refractivity contribution < 1.29 is 9.47 Å². The zero-order valence-corrected chi connectivity index (χ0v) is 11.9. The van der Waals surface area contributed by atoms with Crippen LogP contribution < -0.4 is 5.32 Å². The molecule has 0 saturated heterocycles. The number of hydrogen-bond donors (Lipinski definition) is 1. The minimum Gasteiger partial charge on any atom is -0.382 e. The van der Waals surface area contributed by atoms with Crippen LogP contribution in [-0.2, 0) is 15.9 Å². The summed E-state index contributed by atoms with van der Waals surface area (Å²) in [5.74, 6) is 0. The van der Waals surface area contributed by atoms with Gasteiger partial charge in [-0.15, -0.1) is 0 Å². The largest absolute Gasteiger partial charge is 0.382 e. The number of rotatable bonds is 8. The van der Waals surface area contributed by atoms with Crippen LogP contribution in [0.3, 0.4) is 0 Å². The average Bonchev–Trinajstić information content (AvgIpc) is 2.40. The van der Waals surface area contributed by atoms with Crippen molar-refractivity contribution in [3.05, 3.63) is 35.4 Å². The van der Waals surface area contributed by atoms with E-state index < -0.39 is 0 Å². The van der Waals surface area contributed by atoms with Gasteiger partial charge in [0.1, 0.15) is 0 Å². The van der Waals surface area contributed by atoms with Gasteiger partial charge in [-0.1, -0.05) is 31.2 Å². The molecule has 0 aromatic heterocycles. The Hall–Kier alpha value is -0.900. The first-order chi connectivity index (χ1) is 8.71. The van der Waals surface area contributed by atoms with Crippen LogP contribution in [0.15, 0.2) is 24.3 Å². The van der Waals surface area contributed by atoms with Crippen molar-refractivity contribution >= 4 is 0 Å². The van der Waals surface area contributed by atoms with Crippen molar-refractivity contribution in [2.45, 2.75) is 32.4 Å². The third kappa shape index (κ3) is 4.77. The normalized spacial score (nSPS) is 14.4. The maximum absolute atomic E-state index is 5.76. The number of aryl methyl sites for hydroxylation is 1. The SMILES string of the molecule is CCc1ccc(C(COC(C)COC)NC)cc1. The summed E-state index contributed by atoms with van der Waals surface area (Å²) in [6.45, 7) is 5.48. The van der Waals surface area contributed by atoms with E-state index >= 15 is 0 Å². The molecule has 3 heteroatoms. The second kappa shape index (κ2) is 8.25. The molecule has 1 rings (SSSR count). The molecule has 1 aromatic carbocycles. The third-order valence-electron chi connectivity index (χ3n) is 3.09. The molecule has 0 saturated carbocycles. The van der Waals surface area contributed by atoms with E-state index in [0.717, 1.165) is 6.42 Å². The molecule has 1 N–H and O–H groups in total. The molecule has 18 heavy (non-hydrogen) atoms. The second-order valence-corrected chi connectivity index (χ2v) is 4.54. The van der Waals surface area contributed by atoms with E-state index in [-0.39, 0.29) is 12.1 Å². The zero-order valence-electron chi connectivity index (χ0n) is 11.9. The highest BCUT2D eigenvalue weighted by Gasteiger charge is 2.11. The summed E-state index contributed by atoms with van der Waals surface area (Å²) in [5, 5.41) is 3.29. The third-order valence-corrected chi connectivity index (χ3v) is 3.09. The number of hydrogen-bond acceptors (Lipinski definition) is 3. The van der Waals surface area contributed by atoms with Gasteiger partial charge in [0.05, 0.1) is 25.4 Å². The van der Waals surface area contributed by atoms with Gasteiger partial charge in [0.2, 0.25) is 0 Å². The quantitative estimate of drug-likeness (QED) is 0.770. The molecule has 2 unspecified atom stereocenters. The predicted molar refractivity (Wildman–Crippen MR) is 74.9 cm³/mol. The van der Waals surface area contributed by atoms with Crippen LogP contribution in [0.4, 0.5) is 0 Å². The van der Waals surface area contributed by atoms with Gasteiger partial charge in [0, 0.05) is 7.11 Å². The fourth-order valence-corrected chi connectivity index (χ4v) is 1.88. The van der Waals surface area contributed by atoms with Crippen molar-refractivity contribution in [2.24, 2.45) is 0 Å². The average molecular weight is 251 g/mol. The molecule has 0 aliphatic heterocycles. The van der Waals surface area contributed by atoms with E-state index in [2.05, 4.69) is 36.5 Å². The van der Waals surface area contributed by atoms with Crippen LogP contribution in [0.1, 0.15) is 31.0 Å². The molecule has 0 fully saturated rings. The number of ether oxygens (including phenoxy) is 2. The molecular weight excluding hydrogens is 226 g/mol. The summed E-state index contributed by atoms with van der Waals surface area (Å²) in [6.07, 6.45) is 1.20. The van der Waals surface area contributed by atoms with E-state index in [1.54, 1.807) is 7.11 Å². The molecule has 0 heterocycles. The molecule has 0 amide bonds. The maximum atomic E-state index is 5.76. The highest BCUT2D eigenvalue weighted by atomic mass is 16.5. The van der Waals surface area contributed by atoms with E-state index in [1.807, 2.05) is 14.0 Å². The smallest absolute Gasteiger partial charge is 0.0781 e. The van der Waals surface area contributed by atoms with Gasteiger partial charge >= 0.3 is 0 Å². The van der Waals surface area contributed by atoms with Gasteiger partial charge < -0.3 is 14.8 Å². The lowest BCUT2D eigenvalue weighted by molar-refractivity contribution is 0.000210. The molecular formula is C15H25NO2.